The number of amides is 1. The molecule has 1 amide bonds. The predicted molar refractivity (Wildman–Crippen MR) is 91.3 cm³/mol. The lowest BCUT2D eigenvalue weighted by Crippen LogP contribution is -2.12. The number of allylic oxidation sites excluding steroid dienone is 1. The molecule has 0 aliphatic carbocycles. The summed E-state index contributed by atoms with van der Waals surface area (Å²) in [5, 5.41) is 11.9. The number of rotatable bonds is 9. The summed E-state index contributed by atoms with van der Waals surface area (Å²) in [5.74, 6) is 1.36. The maximum atomic E-state index is 11.9. The second kappa shape index (κ2) is 9.12. The minimum absolute atomic E-state index is 0.0180. The van der Waals surface area contributed by atoms with Gasteiger partial charge in [0.25, 0.3) is 0 Å². The highest BCUT2D eigenvalue weighted by Crippen LogP contribution is 2.19. The average Bonchev–Trinajstić information content (AvgIpc) is 2.92. The number of methoxy groups -OCH3 is 1. The van der Waals surface area contributed by atoms with Crippen LogP contribution < -0.4 is 5.32 Å². The Hall–Kier alpha value is -2.12. The van der Waals surface area contributed by atoms with Gasteiger partial charge in [0.15, 0.2) is 11.0 Å². The van der Waals surface area contributed by atoms with Crippen molar-refractivity contribution in [3.05, 3.63) is 48.8 Å². The highest BCUT2D eigenvalue weighted by atomic mass is 32.2. The second-order valence-corrected chi connectivity index (χ2v) is 5.81. The molecule has 0 fully saturated rings. The van der Waals surface area contributed by atoms with E-state index in [9.17, 15) is 4.79 Å². The lowest BCUT2D eigenvalue weighted by Gasteiger charge is -2.07. The molecule has 1 heterocycles. The first-order chi connectivity index (χ1) is 11.2. The van der Waals surface area contributed by atoms with Crippen LogP contribution in [0.2, 0.25) is 0 Å². The topological polar surface area (TPSA) is 69.0 Å². The molecule has 23 heavy (non-hydrogen) atoms. The minimum atomic E-state index is -0.0180. The zero-order valence-corrected chi connectivity index (χ0v) is 13.9. The number of nitrogens with one attached hydrogen (secondary N) is 1. The number of nitrogens with zero attached hydrogens (tertiary/aromatic N) is 3. The van der Waals surface area contributed by atoms with Crippen LogP contribution in [-0.2, 0) is 22.7 Å². The molecule has 0 aliphatic heterocycles. The van der Waals surface area contributed by atoms with Gasteiger partial charge < -0.3 is 14.6 Å². The van der Waals surface area contributed by atoms with Crippen molar-refractivity contribution in [1.82, 2.24) is 14.8 Å². The molecule has 1 aromatic carbocycles. The van der Waals surface area contributed by atoms with Crippen molar-refractivity contribution >= 4 is 23.4 Å². The van der Waals surface area contributed by atoms with E-state index in [0.717, 1.165) is 16.7 Å². The van der Waals surface area contributed by atoms with Crippen LogP contribution in [0.3, 0.4) is 0 Å². The fraction of sp³-hybridized carbons (Fsp3) is 0.312. The van der Waals surface area contributed by atoms with E-state index >= 15 is 0 Å². The van der Waals surface area contributed by atoms with Crippen LogP contribution >= 0.6 is 11.8 Å². The summed E-state index contributed by atoms with van der Waals surface area (Å²) in [7, 11) is 1.62. The molecule has 2 rings (SSSR count). The van der Waals surface area contributed by atoms with Crippen molar-refractivity contribution < 1.29 is 9.53 Å². The molecule has 7 heteroatoms. The zero-order chi connectivity index (χ0) is 16.5. The van der Waals surface area contributed by atoms with Gasteiger partial charge in [-0.1, -0.05) is 36.0 Å². The number of hydrogen-bond acceptors (Lipinski definition) is 5. The first-order valence-corrected chi connectivity index (χ1v) is 8.22. The quantitative estimate of drug-likeness (QED) is 0.565. The van der Waals surface area contributed by atoms with Crippen molar-refractivity contribution in [3.8, 4) is 0 Å². The maximum absolute atomic E-state index is 11.9. The molecule has 0 spiro atoms. The molecule has 1 N–H and O–H groups in total. The fourth-order valence-corrected chi connectivity index (χ4v) is 2.86. The van der Waals surface area contributed by atoms with Crippen LogP contribution in [0.5, 0.6) is 0 Å². The number of thioether (sulfide) groups is 1. The van der Waals surface area contributed by atoms with Gasteiger partial charge in [0.1, 0.15) is 6.61 Å². The molecule has 0 unspecified atom stereocenters. The monoisotopic (exact) mass is 332 g/mol. The Morgan fingerprint density at radius 1 is 1.39 bits per heavy atom. The summed E-state index contributed by atoms with van der Waals surface area (Å²) in [6.07, 6.45) is 2.19. The first kappa shape index (κ1) is 17.2. The number of benzene rings is 1. The Morgan fingerprint density at radius 3 is 2.87 bits per heavy atom. The van der Waals surface area contributed by atoms with E-state index in [0.29, 0.717) is 25.3 Å². The fourth-order valence-electron chi connectivity index (χ4n) is 1.95. The van der Waals surface area contributed by atoms with Crippen molar-refractivity contribution in [2.24, 2.45) is 0 Å². The van der Waals surface area contributed by atoms with Crippen molar-refractivity contribution in [1.29, 1.82) is 0 Å². The van der Waals surface area contributed by atoms with Gasteiger partial charge in [-0.2, -0.15) is 0 Å². The number of aromatic nitrogens is 3. The SMILES string of the molecule is C=CCn1c(COC)nnc1SCCC(=O)Nc1ccccc1. The molecule has 122 valence electrons. The Bertz CT molecular complexity index is 643. The normalized spacial score (nSPS) is 10.5. The van der Waals surface area contributed by atoms with E-state index in [1.54, 1.807) is 13.2 Å². The smallest absolute Gasteiger partial charge is 0.225 e. The van der Waals surface area contributed by atoms with Crippen LogP contribution in [0.4, 0.5) is 5.69 Å². The van der Waals surface area contributed by atoms with Gasteiger partial charge in [-0.25, -0.2) is 0 Å². The Balaban J connectivity index is 1.86. The van der Waals surface area contributed by atoms with Crippen LogP contribution in [-0.4, -0.2) is 33.5 Å². The predicted octanol–water partition coefficient (Wildman–Crippen LogP) is 2.73. The lowest BCUT2D eigenvalue weighted by molar-refractivity contribution is -0.115. The molecule has 2 aromatic rings. The van der Waals surface area contributed by atoms with E-state index in [-0.39, 0.29) is 5.91 Å². The van der Waals surface area contributed by atoms with E-state index in [1.165, 1.54) is 11.8 Å². The molecule has 0 saturated carbocycles. The molecule has 0 saturated heterocycles. The molecular formula is C16H20N4O2S. The van der Waals surface area contributed by atoms with Gasteiger partial charge in [-0.15, -0.1) is 16.8 Å². The number of anilines is 1. The summed E-state index contributed by atoms with van der Waals surface area (Å²) in [4.78, 5) is 11.9. The third-order valence-corrected chi connectivity index (χ3v) is 3.96. The number of carbonyl (C=O) groups is 1. The molecule has 0 radical (unpaired) electrons. The second-order valence-electron chi connectivity index (χ2n) is 4.74. The van der Waals surface area contributed by atoms with E-state index < -0.39 is 0 Å². The number of para-hydroxylation sites is 1. The van der Waals surface area contributed by atoms with Crippen molar-refractivity contribution in [2.75, 3.05) is 18.2 Å². The highest BCUT2D eigenvalue weighted by Gasteiger charge is 2.12. The van der Waals surface area contributed by atoms with E-state index in [1.807, 2.05) is 34.9 Å². The Morgan fingerprint density at radius 2 is 2.17 bits per heavy atom. The summed E-state index contributed by atoms with van der Waals surface area (Å²) < 4.78 is 7.05. The van der Waals surface area contributed by atoms with Crippen molar-refractivity contribution in [3.63, 3.8) is 0 Å². The molecule has 0 aliphatic rings. The van der Waals surface area contributed by atoms with Crippen LogP contribution in [0.25, 0.3) is 0 Å². The highest BCUT2D eigenvalue weighted by molar-refractivity contribution is 7.99. The third-order valence-electron chi connectivity index (χ3n) is 3.00. The van der Waals surface area contributed by atoms with Gasteiger partial charge in [-0.05, 0) is 12.1 Å². The molecular weight excluding hydrogens is 312 g/mol. The Kier molecular flexibility index (Phi) is 6.83. The van der Waals surface area contributed by atoms with E-state index in [4.69, 9.17) is 4.74 Å². The largest absolute Gasteiger partial charge is 0.377 e. The summed E-state index contributed by atoms with van der Waals surface area (Å²) in [6.45, 7) is 4.76. The van der Waals surface area contributed by atoms with Gasteiger partial charge in [0.05, 0.1) is 0 Å². The van der Waals surface area contributed by atoms with Crippen LogP contribution in [0, 0.1) is 0 Å². The number of carbonyl (C=O) groups excluding carboxylic acids is 1. The van der Waals surface area contributed by atoms with E-state index in [2.05, 4.69) is 22.1 Å². The van der Waals surface area contributed by atoms with Gasteiger partial charge in [0, 0.05) is 31.5 Å². The molecule has 0 atom stereocenters. The average molecular weight is 332 g/mol. The summed E-state index contributed by atoms with van der Waals surface area (Å²) in [6, 6.07) is 9.42. The molecule has 6 nitrogen and oxygen atoms in total. The van der Waals surface area contributed by atoms with Gasteiger partial charge >= 0.3 is 0 Å². The molecule has 0 bridgehead atoms. The van der Waals surface area contributed by atoms with Gasteiger partial charge in [-0.3, -0.25) is 4.79 Å². The maximum Gasteiger partial charge on any atom is 0.225 e. The number of ether oxygens (including phenoxy) is 1. The minimum Gasteiger partial charge on any atom is -0.377 e. The first-order valence-electron chi connectivity index (χ1n) is 7.24. The zero-order valence-electron chi connectivity index (χ0n) is 13.1. The molecule has 1 aromatic heterocycles. The van der Waals surface area contributed by atoms with Crippen LogP contribution in [0.15, 0.2) is 48.1 Å². The van der Waals surface area contributed by atoms with Crippen molar-refractivity contribution in [2.45, 2.75) is 24.7 Å². The number of hydrogen-bond donors (Lipinski definition) is 1. The van der Waals surface area contributed by atoms with Crippen LogP contribution in [0.1, 0.15) is 12.2 Å². The van der Waals surface area contributed by atoms with Gasteiger partial charge in [0.2, 0.25) is 5.91 Å². The third kappa shape index (κ3) is 5.22. The lowest BCUT2D eigenvalue weighted by atomic mass is 10.3. The summed E-state index contributed by atoms with van der Waals surface area (Å²) in [5.41, 5.74) is 0.805. The standard InChI is InChI=1S/C16H20N4O2S/c1-3-10-20-14(12-22-2)18-19-16(20)23-11-9-15(21)17-13-7-5-4-6-8-13/h3-8H,1,9-12H2,2H3,(H,17,21). The Labute approximate surface area is 139 Å². The summed E-state index contributed by atoms with van der Waals surface area (Å²) >= 11 is 1.50.